The van der Waals surface area contributed by atoms with Gasteiger partial charge in [-0.25, -0.2) is 4.48 Å². The summed E-state index contributed by atoms with van der Waals surface area (Å²) in [4.78, 5) is 13.0. The van der Waals surface area contributed by atoms with Crippen LogP contribution in [0.4, 0.5) is 4.79 Å². The second-order valence-corrected chi connectivity index (χ2v) is 7.20. The molecule has 1 unspecified atom stereocenters. The van der Waals surface area contributed by atoms with Gasteiger partial charge in [-0.2, -0.15) is 4.79 Å². The predicted octanol–water partition coefficient (Wildman–Crippen LogP) is 4.51. The number of benzene rings is 2. The van der Waals surface area contributed by atoms with Crippen LogP contribution < -0.4 is 0 Å². The zero-order valence-corrected chi connectivity index (χ0v) is 16.1. The Morgan fingerprint density at radius 1 is 1.04 bits per heavy atom. The maximum absolute atomic E-state index is 13.0. The van der Waals surface area contributed by atoms with E-state index in [0.717, 1.165) is 17.2 Å². The van der Waals surface area contributed by atoms with Crippen molar-refractivity contribution in [3.05, 3.63) is 77.3 Å². The molecule has 0 aliphatic carbocycles. The van der Waals surface area contributed by atoms with Crippen LogP contribution in [0.1, 0.15) is 37.5 Å². The number of ether oxygens (including phenoxy) is 1. The van der Waals surface area contributed by atoms with Crippen LogP contribution in [-0.4, -0.2) is 23.2 Å². The van der Waals surface area contributed by atoms with E-state index in [9.17, 15) is 4.79 Å². The third-order valence-corrected chi connectivity index (χ3v) is 4.10. The number of fused-ring (bicyclic) bond motifs is 1. The molecular weight excluding hydrogens is 389 g/mol. The summed E-state index contributed by atoms with van der Waals surface area (Å²) in [6.45, 7) is 6.34. The molecule has 0 saturated heterocycles. The maximum Gasteiger partial charge on any atom is 0.514 e. The molecule has 0 aromatic heterocycles. The summed E-state index contributed by atoms with van der Waals surface area (Å²) in [6.07, 6.45) is -0.215. The fourth-order valence-electron chi connectivity index (χ4n) is 3.13. The van der Waals surface area contributed by atoms with Gasteiger partial charge in [-0.1, -0.05) is 47.5 Å². The monoisotopic (exact) mass is 412 g/mol. The maximum atomic E-state index is 13.0. The van der Waals surface area contributed by atoms with Gasteiger partial charge in [0.2, 0.25) is 0 Å². The summed E-state index contributed by atoms with van der Waals surface area (Å²) in [7, 11) is 1.94. The Morgan fingerprint density at radius 3 is 2.25 bits per heavy atom. The number of carbonyl (C=O) groups is 1. The van der Waals surface area contributed by atoms with E-state index in [4.69, 9.17) is 4.74 Å². The molecular formula is C20H23NO2Rh. The van der Waals surface area contributed by atoms with Crippen molar-refractivity contribution in [1.82, 2.24) is 0 Å². The molecule has 129 valence electrons. The first-order valence-electron chi connectivity index (χ1n) is 7.91. The Bertz CT molecular complexity index is 724. The Labute approximate surface area is 157 Å². The molecule has 1 heterocycles. The van der Waals surface area contributed by atoms with Gasteiger partial charge < -0.3 is 4.74 Å². The average molecular weight is 412 g/mol. The van der Waals surface area contributed by atoms with Gasteiger partial charge in [0.25, 0.3) is 0 Å². The number of rotatable bonds is 1. The van der Waals surface area contributed by atoms with E-state index in [1.165, 1.54) is 5.56 Å². The van der Waals surface area contributed by atoms with Crippen molar-refractivity contribution in [1.29, 1.82) is 0 Å². The standard InChI is InChI=1S/C20H23NO2.Rh/c1-20(2,3)23-19(22)21(4)14-16-12-8-9-13-17(16)18(21)15-10-6-5-7-11-15;/h5-13H,14H2,1-4H3;. The first kappa shape index (κ1) is 18.7. The van der Waals surface area contributed by atoms with E-state index in [1.807, 2.05) is 58.2 Å². The Balaban J connectivity index is 0.00000208. The fourth-order valence-corrected chi connectivity index (χ4v) is 3.13. The number of nitrogens with zero attached hydrogens (tertiary/aromatic N) is 1. The summed E-state index contributed by atoms with van der Waals surface area (Å²) < 4.78 is 5.86. The summed E-state index contributed by atoms with van der Waals surface area (Å²) in [5.41, 5.74) is 2.87. The van der Waals surface area contributed by atoms with Crippen molar-refractivity contribution >= 4 is 6.09 Å². The predicted molar refractivity (Wildman–Crippen MR) is 90.5 cm³/mol. The molecule has 24 heavy (non-hydrogen) atoms. The summed E-state index contributed by atoms with van der Waals surface area (Å²) in [5, 5.41) is 0. The van der Waals surface area contributed by atoms with Crippen LogP contribution in [-0.2, 0) is 30.8 Å². The first-order chi connectivity index (χ1) is 10.8. The molecule has 4 heteroatoms. The van der Waals surface area contributed by atoms with Crippen LogP contribution in [0.2, 0.25) is 0 Å². The second-order valence-electron chi connectivity index (χ2n) is 7.20. The quantitative estimate of drug-likeness (QED) is 0.392. The zero-order chi connectivity index (χ0) is 16.7. The number of amides is 1. The molecule has 0 saturated carbocycles. The Morgan fingerprint density at radius 2 is 1.62 bits per heavy atom. The SMILES string of the molecule is CC(C)(C)OC(=O)[N+]1(C)Cc2ccccc2[C-]1c1ccccc1.[Rh]. The van der Waals surface area contributed by atoms with E-state index < -0.39 is 5.60 Å². The van der Waals surface area contributed by atoms with Gasteiger partial charge in [0, 0.05) is 19.5 Å². The van der Waals surface area contributed by atoms with Crippen molar-refractivity contribution < 1.29 is 33.5 Å². The smallest absolute Gasteiger partial charge is 0.414 e. The molecule has 0 spiro atoms. The molecule has 1 atom stereocenters. The topological polar surface area (TPSA) is 26.3 Å². The molecule has 1 aliphatic rings. The number of hydrogen-bond donors (Lipinski definition) is 0. The Kier molecular flexibility index (Phi) is 5.22. The Hall–Kier alpha value is -1.64. The molecule has 3 rings (SSSR count). The van der Waals surface area contributed by atoms with Gasteiger partial charge in [0.15, 0.2) is 0 Å². The minimum Gasteiger partial charge on any atom is -0.414 e. The van der Waals surface area contributed by atoms with Gasteiger partial charge in [-0.15, -0.1) is 18.2 Å². The van der Waals surface area contributed by atoms with Crippen LogP contribution in [0.5, 0.6) is 0 Å². The van der Waals surface area contributed by atoms with Crippen LogP contribution >= 0.6 is 0 Å². The molecule has 2 aromatic rings. The third kappa shape index (κ3) is 3.40. The zero-order valence-electron chi connectivity index (χ0n) is 14.5. The van der Waals surface area contributed by atoms with Crippen molar-refractivity contribution in [2.45, 2.75) is 32.9 Å². The van der Waals surface area contributed by atoms with Gasteiger partial charge in [0.1, 0.15) is 5.60 Å². The third-order valence-electron chi connectivity index (χ3n) is 4.10. The van der Waals surface area contributed by atoms with Crippen LogP contribution in [0.3, 0.4) is 0 Å². The molecule has 2 aromatic carbocycles. The van der Waals surface area contributed by atoms with Crippen molar-refractivity contribution in [2.24, 2.45) is 0 Å². The van der Waals surface area contributed by atoms with E-state index in [1.54, 1.807) is 0 Å². The largest absolute Gasteiger partial charge is 0.514 e. The van der Waals surface area contributed by atoms with Crippen LogP contribution in [0, 0.1) is 6.04 Å². The summed E-state index contributed by atoms with van der Waals surface area (Å²) in [5.74, 6) is 0. The van der Waals surface area contributed by atoms with E-state index in [0.29, 0.717) is 6.54 Å². The number of quaternary nitrogens is 1. The fraction of sp³-hybridized carbons (Fsp3) is 0.300. The minimum absolute atomic E-state index is 0. The molecule has 0 N–H and O–H groups in total. The minimum atomic E-state index is -0.505. The van der Waals surface area contributed by atoms with E-state index >= 15 is 0 Å². The summed E-state index contributed by atoms with van der Waals surface area (Å²) in [6, 6.07) is 19.3. The van der Waals surface area contributed by atoms with Crippen molar-refractivity contribution in [3.8, 4) is 0 Å². The van der Waals surface area contributed by atoms with Crippen LogP contribution in [0.15, 0.2) is 54.6 Å². The average Bonchev–Trinajstić information content (AvgIpc) is 2.80. The number of carbonyl (C=O) groups excluding carboxylic acids is 1. The van der Waals surface area contributed by atoms with Gasteiger partial charge in [-0.3, -0.25) is 0 Å². The van der Waals surface area contributed by atoms with Gasteiger partial charge in [-0.05, 0) is 26.3 Å². The molecule has 1 amide bonds. The molecule has 0 fully saturated rings. The first-order valence-corrected chi connectivity index (χ1v) is 7.91. The molecule has 0 bridgehead atoms. The molecule has 1 aliphatic heterocycles. The normalized spacial score (nSPS) is 19.4. The summed E-state index contributed by atoms with van der Waals surface area (Å²) >= 11 is 0. The van der Waals surface area contributed by atoms with Gasteiger partial charge in [0.05, 0.1) is 19.6 Å². The van der Waals surface area contributed by atoms with Crippen molar-refractivity contribution in [3.63, 3.8) is 0 Å². The van der Waals surface area contributed by atoms with Crippen LogP contribution in [0.25, 0.3) is 0 Å². The second kappa shape index (κ2) is 6.70. The van der Waals surface area contributed by atoms with E-state index in [2.05, 4.69) is 24.3 Å². The van der Waals surface area contributed by atoms with Gasteiger partial charge >= 0.3 is 6.09 Å². The molecule has 1 radical (unpaired) electrons. The van der Waals surface area contributed by atoms with Crippen molar-refractivity contribution in [2.75, 3.05) is 7.05 Å². The van der Waals surface area contributed by atoms with E-state index in [-0.39, 0.29) is 30.1 Å². The number of hydrogen-bond acceptors (Lipinski definition) is 2. The molecule has 3 nitrogen and oxygen atoms in total.